The molecule has 0 bridgehead atoms. The number of ether oxygens (including phenoxy) is 1. The average molecular weight is 572 g/mol. The molecule has 0 fully saturated rings. The van der Waals surface area contributed by atoms with Crippen molar-refractivity contribution in [2.24, 2.45) is 0 Å². The highest BCUT2D eigenvalue weighted by molar-refractivity contribution is 7.92. The highest BCUT2D eigenvalue weighted by atomic mass is 35.5. The fourth-order valence-electron chi connectivity index (χ4n) is 3.93. The van der Waals surface area contributed by atoms with Gasteiger partial charge in [0.25, 0.3) is 10.0 Å². The summed E-state index contributed by atoms with van der Waals surface area (Å²) in [5.74, 6) is -0.357. The molecule has 0 aromatic heterocycles. The number of anilines is 1. The summed E-state index contributed by atoms with van der Waals surface area (Å²) in [4.78, 5) is 28.3. The second-order valence-electron chi connectivity index (χ2n) is 9.51. The van der Waals surface area contributed by atoms with Crippen LogP contribution in [0.2, 0.25) is 5.02 Å². The molecule has 8 nitrogen and oxygen atoms in total. The van der Waals surface area contributed by atoms with Gasteiger partial charge in [-0.2, -0.15) is 0 Å². The van der Waals surface area contributed by atoms with E-state index in [2.05, 4.69) is 5.32 Å². The normalized spacial score (nSPS) is 12.1. The van der Waals surface area contributed by atoms with Crippen molar-refractivity contribution in [1.82, 2.24) is 10.2 Å². The average Bonchev–Trinajstić information content (AvgIpc) is 2.89. The van der Waals surface area contributed by atoms with Gasteiger partial charge in [-0.15, -0.1) is 0 Å². The van der Waals surface area contributed by atoms with Gasteiger partial charge in [0.05, 0.1) is 17.7 Å². The number of hydrogen-bond acceptors (Lipinski definition) is 5. The van der Waals surface area contributed by atoms with Crippen molar-refractivity contribution in [3.8, 4) is 5.75 Å². The zero-order valence-corrected chi connectivity index (χ0v) is 24.3. The number of amides is 2. The van der Waals surface area contributed by atoms with E-state index in [0.29, 0.717) is 16.3 Å². The third kappa shape index (κ3) is 7.74. The Morgan fingerprint density at radius 2 is 1.62 bits per heavy atom. The molecule has 1 N–H and O–H groups in total. The predicted molar refractivity (Wildman–Crippen MR) is 153 cm³/mol. The Bertz CT molecular complexity index is 1390. The molecule has 0 spiro atoms. The molecule has 0 unspecified atom stereocenters. The molecule has 1 atom stereocenters. The summed E-state index contributed by atoms with van der Waals surface area (Å²) >= 11 is 6.17. The molecule has 3 aromatic rings. The van der Waals surface area contributed by atoms with E-state index in [9.17, 15) is 18.0 Å². The first-order valence-electron chi connectivity index (χ1n) is 12.5. The first-order valence-corrected chi connectivity index (χ1v) is 14.3. The molecule has 2 amide bonds. The van der Waals surface area contributed by atoms with Crippen LogP contribution in [0.3, 0.4) is 0 Å². The lowest BCUT2D eigenvalue weighted by Gasteiger charge is -2.32. The van der Waals surface area contributed by atoms with E-state index in [1.165, 1.54) is 24.1 Å². The maximum absolute atomic E-state index is 13.9. The van der Waals surface area contributed by atoms with E-state index in [0.717, 1.165) is 9.87 Å². The molecule has 0 aliphatic rings. The van der Waals surface area contributed by atoms with Gasteiger partial charge in [0, 0.05) is 17.6 Å². The van der Waals surface area contributed by atoms with Gasteiger partial charge in [0.2, 0.25) is 11.8 Å². The van der Waals surface area contributed by atoms with Crippen LogP contribution in [0.15, 0.2) is 77.7 Å². The minimum Gasteiger partial charge on any atom is -0.497 e. The summed E-state index contributed by atoms with van der Waals surface area (Å²) in [6.45, 7) is 6.67. The largest absolute Gasteiger partial charge is 0.497 e. The van der Waals surface area contributed by atoms with Gasteiger partial charge < -0.3 is 15.0 Å². The molecule has 208 valence electrons. The molecule has 3 rings (SSSR count). The molecule has 0 saturated heterocycles. The third-order valence-corrected chi connectivity index (χ3v) is 8.11. The smallest absolute Gasteiger partial charge is 0.264 e. The SMILES string of the molecule is COc1ccc(N(CC(=O)N(Cc2cccc(Cl)c2)[C@H](C)C(=O)NC(C)C)S(=O)(=O)c2ccc(C)cc2)cc1. The van der Waals surface area contributed by atoms with Crippen molar-refractivity contribution in [1.29, 1.82) is 0 Å². The third-order valence-electron chi connectivity index (χ3n) is 6.09. The van der Waals surface area contributed by atoms with Crippen LogP contribution < -0.4 is 14.4 Å². The Kier molecular flexibility index (Phi) is 9.99. The van der Waals surface area contributed by atoms with Crippen LogP contribution in [-0.2, 0) is 26.2 Å². The summed E-state index contributed by atoms with van der Waals surface area (Å²) in [6.07, 6.45) is 0. The van der Waals surface area contributed by atoms with Crippen LogP contribution in [0, 0.1) is 6.92 Å². The van der Waals surface area contributed by atoms with Gasteiger partial charge in [0.15, 0.2) is 0 Å². The van der Waals surface area contributed by atoms with E-state index < -0.39 is 28.5 Å². The van der Waals surface area contributed by atoms with Crippen molar-refractivity contribution in [2.45, 2.75) is 51.2 Å². The van der Waals surface area contributed by atoms with Crippen molar-refractivity contribution < 1.29 is 22.7 Å². The number of methoxy groups -OCH3 is 1. The number of sulfonamides is 1. The summed E-state index contributed by atoms with van der Waals surface area (Å²) in [5, 5.41) is 3.32. The number of nitrogens with zero attached hydrogens (tertiary/aromatic N) is 2. The molecule has 0 heterocycles. The number of carbonyl (C=O) groups excluding carboxylic acids is 2. The zero-order chi connectivity index (χ0) is 28.7. The van der Waals surface area contributed by atoms with Crippen LogP contribution in [0.25, 0.3) is 0 Å². The maximum Gasteiger partial charge on any atom is 0.264 e. The van der Waals surface area contributed by atoms with Crippen molar-refractivity contribution in [3.63, 3.8) is 0 Å². The summed E-state index contributed by atoms with van der Waals surface area (Å²) in [7, 11) is -2.63. The fraction of sp³-hybridized carbons (Fsp3) is 0.310. The number of rotatable bonds is 11. The summed E-state index contributed by atoms with van der Waals surface area (Å²) < 4.78 is 33.9. The Balaban J connectivity index is 2.03. The molecule has 39 heavy (non-hydrogen) atoms. The first kappa shape index (κ1) is 30.0. The molecule has 0 radical (unpaired) electrons. The van der Waals surface area contributed by atoms with Crippen LogP contribution in [0.4, 0.5) is 5.69 Å². The van der Waals surface area contributed by atoms with Gasteiger partial charge in [-0.1, -0.05) is 41.4 Å². The summed E-state index contributed by atoms with van der Waals surface area (Å²) in [5.41, 5.74) is 1.89. The highest BCUT2D eigenvalue weighted by Crippen LogP contribution is 2.27. The lowest BCUT2D eigenvalue weighted by molar-refractivity contribution is -0.139. The van der Waals surface area contributed by atoms with E-state index in [-0.39, 0.29) is 29.1 Å². The Morgan fingerprint density at radius 3 is 2.18 bits per heavy atom. The Hall–Kier alpha value is -3.56. The van der Waals surface area contributed by atoms with Gasteiger partial charge in [-0.05, 0) is 81.8 Å². The second-order valence-corrected chi connectivity index (χ2v) is 11.8. The van der Waals surface area contributed by atoms with Gasteiger partial charge >= 0.3 is 0 Å². The van der Waals surface area contributed by atoms with Crippen molar-refractivity contribution in [3.05, 3.63) is 88.9 Å². The number of aryl methyl sites for hydroxylation is 1. The molecule has 10 heteroatoms. The number of halogens is 1. The van der Waals surface area contributed by atoms with Gasteiger partial charge in [0.1, 0.15) is 18.3 Å². The standard InChI is InChI=1S/C29H34ClN3O5S/c1-20(2)31-29(35)22(4)32(18-23-7-6-8-24(30)17-23)28(34)19-33(25-11-13-26(38-5)14-12-25)39(36,37)27-15-9-21(3)10-16-27/h6-17,20,22H,18-19H2,1-5H3,(H,31,35)/t22-/m1/s1. The quantitative estimate of drug-likeness (QED) is 0.357. The highest BCUT2D eigenvalue weighted by Gasteiger charge is 2.32. The maximum atomic E-state index is 13.9. The first-order chi connectivity index (χ1) is 18.4. The van der Waals surface area contributed by atoms with Crippen LogP contribution in [0.5, 0.6) is 5.75 Å². The van der Waals surface area contributed by atoms with Crippen molar-refractivity contribution in [2.75, 3.05) is 18.0 Å². The van der Waals surface area contributed by atoms with Crippen LogP contribution >= 0.6 is 11.6 Å². The molecular weight excluding hydrogens is 538 g/mol. The van der Waals surface area contributed by atoms with Crippen LogP contribution in [0.1, 0.15) is 31.9 Å². The van der Waals surface area contributed by atoms with E-state index in [1.54, 1.807) is 67.6 Å². The predicted octanol–water partition coefficient (Wildman–Crippen LogP) is 4.79. The van der Waals surface area contributed by atoms with E-state index in [1.807, 2.05) is 20.8 Å². The van der Waals surface area contributed by atoms with E-state index in [4.69, 9.17) is 16.3 Å². The number of nitrogens with one attached hydrogen (secondary N) is 1. The number of benzene rings is 3. The minimum absolute atomic E-state index is 0.0451. The lowest BCUT2D eigenvalue weighted by Crippen LogP contribution is -2.52. The Morgan fingerprint density at radius 1 is 0.974 bits per heavy atom. The Labute approximate surface area is 235 Å². The molecule has 0 aliphatic heterocycles. The second kappa shape index (κ2) is 13.0. The van der Waals surface area contributed by atoms with Gasteiger partial charge in [-0.3, -0.25) is 13.9 Å². The monoisotopic (exact) mass is 571 g/mol. The zero-order valence-electron chi connectivity index (χ0n) is 22.7. The van der Waals surface area contributed by atoms with E-state index >= 15 is 0 Å². The topological polar surface area (TPSA) is 96.0 Å². The molecule has 3 aromatic carbocycles. The minimum atomic E-state index is -4.14. The van der Waals surface area contributed by atoms with Crippen LogP contribution in [-0.4, -0.2) is 50.9 Å². The van der Waals surface area contributed by atoms with Gasteiger partial charge in [-0.25, -0.2) is 8.42 Å². The molecule has 0 saturated carbocycles. The molecular formula is C29H34ClN3O5S. The molecule has 0 aliphatic carbocycles. The summed E-state index contributed by atoms with van der Waals surface area (Å²) in [6, 6.07) is 18.8. The number of hydrogen-bond donors (Lipinski definition) is 1. The van der Waals surface area contributed by atoms with Crippen molar-refractivity contribution >= 4 is 39.1 Å². The number of carbonyl (C=O) groups is 2. The lowest BCUT2D eigenvalue weighted by atomic mass is 10.1. The fourth-order valence-corrected chi connectivity index (χ4v) is 5.56.